The molecule has 0 saturated carbocycles. The third-order valence-corrected chi connectivity index (χ3v) is 15.3. The second kappa shape index (κ2) is 4.64. The van der Waals surface area contributed by atoms with Gasteiger partial charge in [-0.1, -0.05) is 0 Å². The number of rotatable bonds is 0. The Morgan fingerprint density at radius 2 is 0.957 bits per heavy atom. The van der Waals surface area contributed by atoms with Crippen molar-refractivity contribution in [3.8, 4) is 0 Å². The van der Waals surface area contributed by atoms with Crippen LogP contribution in [0, 0.1) is 16.7 Å². The summed E-state index contributed by atoms with van der Waals surface area (Å²) in [6, 6.07) is 0. The maximum absolute atomic E-state index is 2.66. The van der Waals surface area contributed by atoms with E-state index in [0.29, 0.717) is 5.92 Å². The fourth-order valence-corrected chi connectivity index (χ4v) is 16.1. The third kappa shape index (κ3) is 1.63. The van der Waals surface area contributed by atoms with Crippen LogP contribution in [0.2, 0.25) is 10.5 Å². The van der Waals surface area contributed by atoms with E-state index in [0.717, 1.165) is 0 Å². The standard InChI is InChI=1S/C20H28.2CH3.Ti/c1-12-10-19(8,16(5)14(12)3)18(7)20(9)11-13(2)15(4)17(20)6;;;/h18H,1-9H3;2*1H3;. The molecule has 0 amide bonds. The van der Waals surface area contributed by atoms with Crippen LogP contribution in [0.4, 0.5) is 0 Å². The van der Waals surface area contributed by atoms with Crippen LogP contribution in [0.1, 0.15) is 62.3 Å². The molecule has 1 heterocycles. The molecule has 1 heteroatoms. The SMILES string of the molecule is CC1=C(C)C2(C)[C](=C1C)[Ti]([CH3])([CH3])[C]1=C(C)C(C)=C(C)C1(C)C2C. The summed E-state index contributed by atoms with van der Waals surface area (Å²) in [5, 5.41) is 5.33. The van der Waals surface area contributed by atoms with E-state index in [2.05, 4.69) is 72.8 Å². The van der Waals surface area contributed by atoms with E-state index >= 15 is 0 Å². The van der Waals surface area contributed by atoms with Crippen molar-refractivity contribution in [1.82, 2.24) is 0 Å². The summed E-state index contributed by atoms with van der Waals surface area (Å²) in [6.45, 7) is 22.0. The molecule has 0 aromatic carbocycles. The van der Waals surface area contributed by atoms with Crippen LogP contribution < -0.4 is 0 Å². The maximum atomic E-state index is 2.66. The Balaban J connectivity index is 2.45. The van der Waals surface area contributed by atoms with Gasteiger partial charge in [0.2, 0.25) is 0 Å². The minimum absolute atomic E-state index is 0.266. The molecule has 0 aromatic rings. The molecule has 0 radical (unpaired) electrons. The summed E-state index contributed by atoms with van der Waals surface area (Å²) in [6.07, 6.45) is 0. The van der Waals surface area contributed by atoms with Crippen molar-refractivity contribution in [3.63, 3.8) is 0 Å². The molecule has 1 saturated heterocycles. The Hall–Kier alpha value is -0.326. The van der Waals surface area contributed by atoms with E-state index in [1.54, 1.807) is 33.4 Å². The summed E-state index contributed by atoms with van der Waals surface area (Å²) in [5.74, 6) is 0.637. The molecule has 3 rings (SSSR count). The molecule has 0 aromatic heterocycles. The van der Waals surface area contributed by atoms with Gasteiger partial charge in [-0.15, -0.1) is 0 Å². The zero-order chi connectivity index (χ0) is 17.7. The van der Waals surface area contributed by atoms with Gasteiger partial charge >= 0.3 is 147 Å². The van der Waals surface area contributed by atoms with Crippen molar-refractivity contribution < 1.29 is 16.6 Å². The average molecular weight is 346 g/mol. The molecular formula is C22H34Ti. The summed E-state index contributed by atoms with van der Waals surface area (Å²) < 4.78 is 3.74. The van der Waals surface area contributed by atoms with Gasteiger partial charge in [-0.05, 0) is 0 Å². The molecular weight excluding hydrogens is 312 g/mol. The number of fused-ring (bicyclic) bond motifs is 2. The molecule has 0 bridgehead atoms. The van der Waals surface area contributed by atoms with Crippen molar-refractivity contribution >= 4 is 0 Å². The first-order chi connectivity index (χ1) is 10.4. The van der Waals surface area contributed by atoms with Gasteiger partial charge in [-0.3, -0.25) is 0 Å². The molecule has 3 aliphatic rings. The Morgan fingerprint density at radius 3 is 1.26 bits per heavy atom. The molecule has 23 heavy (non-hydrogen) atoms. The van der Waals surface area contributed by atoms with Crippen LogP contribution in [0.25, 0.3) is 0 Å². The second-order valence-corrected chi connectivity index (χ2v) is 15.9. The monoisotopic (exact) mass is 346 g/mol. The van der Waals surface area contributed by atoms with Crippen molar-refractivity contribution in [2.45, 2.75) is 72.8 Å². The molecule has 1 fully saturated rings. The van der Waals surface area contributed by atoms with E-state index in [4.69, 9.17) is 0 Å². The molecule has 0 spiro atoms. The number of hydrogen-bond acceptors (Lipinski definition) is 0. The van der Waals surface area contributed by atoms with E-state index in [-0.39, 0.29) is 10.8 Å². The van der Waals surface area contributed by atoms with Crippen LogP contribution in [-0.4, -0.2) is 0 Å². The molecule has 0 nitrogen and oxygen atoms in total. The molecule has 2 unspecified atom stereocenters. The molecule has 2 atom stereocenters. The van der Waals surface area contributed by atoms with Crippen LogP contribution in [-0.2, 0) is 16.6 Å². The Kier molecular flexibility index (Phi) is 3.53. The molecule has 126 valence electrons. The van der Waals surface area contributed by atoms with Crippen LogP contribution in [0.3, 0.4) is 0 Å². The second-order valence-electron chi connectivity index (χ2n) is 9.25. The fraction of sp³-hybridized carbons (Fsp3) is 0.636. The van der Waals surface area contributed by atoms with Gasteiger partial charge < -0.3 is 0 Å². The number of hydrogen-bond donors (Lipinski definition) is 0. The van der Waals surface area contributed by atoms with Crippen molar-refractivity contribution in [2.75, 3.05) is 0 Å². The summed E-state index contributed by atoms with van der Waals surface area (Å²) >= 11 is -2.28. The van der Waals surface area contributed by atoms with E-state index < -0.39 is 16.6 Å². The van der Waals surface area contributed by atoms with Gasteiger partial charge in [0.05, 0.1) is 0 Å². The van der Waals surface area contributed by atoms with E-state index in [1.807, 2.05) is 7.76 Å². The van der Waals surface area contributed by atoms with Gasteiger partial charge in [-0.25, -0.2) is 0 Å². The minimum atomic E-state index is -2.28. The van der Waals surface area contributed by atoms with Gasteiger partial charge in [0.15, 0.2) is 0 Å². The normalized spacial score (nSPS) is 39.5. The van der Waals surface area contributed by atoms with Crippen LogP contribution in [0.5, 0.6) is 0 Å². The predicted octanol–water partition coefficient (Wildman–Crippen LogP) is 7.15. The third-order valence-electron chi connectivity index (χ3n) is 8.58. The zero-order valence-corrected chi connectivity index (χ0v) is 18.6. The van der Waals surface area contributed by atoms with Gasteiger partial charge in [0.1, 0.15) is 0 Å². The van der Waals surface area contributed by atoms with Crippen molar-refractivity contribution in [3.05, 3.63) is 41.2 Å². The van der Waals surface area contributed by atoms with Gasteiger partial charge in [-0.2, -0.15) is 0 Å². The Morgan fingerprint density at radius 1 is 0.652 bits per heavy atom. The van der Waals surface area contributed by atoms with Gasteiger partial charge in [0.25, 0.3) is 0 Å². The fourth-order valence-electron chi connectivity index (χ4n) is 6.89. The zero-order valence-electron chi connectivity index (χ0n) is 17.1. The first-order valence-corrected chi connectivity index (χ1v) is 13.8. The van der Waals surface area contributed by atoms with Crippen LogP contribution >= 0.6 is 0 Å². The first-order valence-electron chi connectivity index (χ1n) is 9.15. The van der Waals surface area contributed by atoms with Gasteiger partial charge in [0, 0.05) is 0 Å². The topological polar surface area (TPSA) is 0 Å². The van der Waals surface area contributed by atoms with Crippen molar-refractivity contribution in [2.24, 2.45) is 16.7 Å². The summed E-state index contributed by atoms with van der Waals surface area (Å²) in [7, 11) is 0. The average Bonchev–Trinajstić information content (AvgIpc) is 2.76. The summed E-state index contributed by atoms with van der Waals surface area (Å²) in [5.41, 5.74) is 10.2. The number of allylic oxidation sites excluding steroid dienone is 8. The van der Waals surface area contributed by atoms with Crippen LogP contribution in [0.15, 0.2) is 41.2 Å². The van der Waals surface area contributed by atoms with E-state index in [9.17, 15) is 0 Å². The Bertz CT molecular complexity index is 691. The molecule has 1 aliphatic heterocycles. The van der Waals surface area contributed by atoms with Crippen molar-refractivity contribution in [1.29, 1.82) is 0 Å². The molecule has 0 N–H and O–H groups in total. The summed E-state index contributed by atoms with van der Waals surface area (Å²) in [4.78, 5) is 0. The van der Waals surface area contributed by atoms with E-state index in [1.165, 1.54) is 0 Å². The molecule has 2 aliphatic carbocycles. The Labute approximate surface area is 147 Å². The first kappa shape index (κ1) is 17.5. The predicted molar refractivity (Wildman–Crippen MR) is 99.3 cm³/mol. The quantitative estimate of drug-likeness (QED) is 0.409.